The Labute approximate surface area is 128 Å². The van der Waals surface area contributed by atoms with Gasteiger partial charge in [-0.2, -0.15) is 0 Å². The zero-order chi connectivity index (χ0) is 15.9. The van der Waals surface area contributed by atoms with Gasteiger partial charge in [-0.1, -0.05) is 0 Å². The number of carbonyl (C=O) groups excluding carboxylic acids is 3. The Hall–Kier alpha value is -2.57. The zero-order valence-electron chi connectivity index (χ0n) is 12.4. The minimum atomic E-state index is -0.507. The van der Waals surface area contributed by atoms with E-state index in [2.05, 4.69) is 21.3 Å². The van der Waals surface area contributed by atoms with E-state index in [1.54, 1.807) is 31.2 Å². The molecule has 1 fully saturated rings. The Morgan fingerprint density at radius 3 is 2.32 bits per heavy atom. The Morgan fingerprint density at radius 1 is 1.09 bits per heavy atom. The van der Waals surface area contributed by atoms with E-state index >= 15 is 0 Å². The number of amides is 4. The van der Waals surface area contributed by atoms with Crippen molar-refractivity contribution in [1.82, 2.24) is 10.6 Å². The number of benzene rings is 1. The first-order chi connectivity index (χ1) is 10.6. The predicted octanol–water partition coefficient (Wildman–Crippen LogP) is 1.29. The first-order valence-electron chi connectivity index (χ1n) is 7.31. The molecule has 22 heavy (non-hydrogen) atoms. The minimum absolute atomic E-state index is 0.00901. The van der Waals surface area contributed by atoms with E-state index in [-0.39, 0.29) is 18.4 Å². The number of hydrogen-bond acceptors (Lipinski definition) is 4. The van der Waals surface area contributed by atoms with Crippen molar-refractivity contribution in [3.8, 4) is 0 Å². The third-order valence-corrected chi connectivity index (χ3v) is 3.14. The summed E-state index contributed by atoms with van der Waals surface area (Å²) in [7, 11) is 0. The Bertz CT molecular complexity index is 552. The molecule has 118 valence electrons. The molecular formula is C15H20N4O3. The molecule has 1 aliphatic rings. The van der Waals surface area contributed by atoms with Gasteiger partial charge in [0.1, 0.15) is 0 Å². The normalized spacial score (nSPS) is 13.1. The van der Waals surface area contributed by atoms with Crippen molar-refractivity contribution in [2.45, 2.75) is 19.8 Å². The van der Waals surface area contributed by atoms with Gasteiger partial charge in [0, 0.05) is 23.8 Å². The summed E-state index contributed by atoms with van der Waals surface area (Å²) >= 11 is 0. The Morgan fingerprint density at radius 2 is 1.73 bits per heavy atom. The molecule has 0 aliphatic heterocycles. The van der Waals surface area contributed by atoms with E-state index in [1.165, 1.54) is 0 Å². The molecule has 0 atom stereocenters. The third kappa shape index (κ3) is 5.08. The van der Waals surface area contributed by atoms with Crippen LogP contribution >= 0.6 is 0 Å². The topological polar surface area (TPSA) is 99.3 Å². The Balaban J connectivity index is 1.74. The number of rotatable bonds is 6. The third-order valence-electron chi connectivity index (χ3n) is 3.14. The maximum Gasteiger partial charge on any atom is 0.321 e. The second kappa shape index (κ2) is 7.44. The monoisotopic (exact) mass is 304 g/mol. The van der Waals surface area contributed by atoms with Gasteiger partial charge in [0.25, 0.3) is 0 Å². The average Bonchev–Trinajstić information content (AvgIpc) is 3.31. The molecule has 7 nitrogen and oxygen atoms in total. The standard InChI is InChI=1S/C15H20N4O3/c1-2-16-15(22)19-13(20)9-17-11-5-7-12(8-6-11)18-14(21)10-3-4-10/h5-8,10,17H,2-4,9H2,1H3,(H,18,21)(H2,16,19,20,22). The van der Waals surface area contributed by atoms with Crippen molar-refractivity contribution < 1.29 is 14.4 Å². The van der Waals surface area contributed by atoms with Crippen LogP contribution in [-0.4, -0.2) is 30.9 Å². The number of anilines is 2. The lowest BCUT2D eigenvalue weighted by molar-refractivity contribution is -0.118. The fourth-order valence-corrected chi connectivity index (χ4v) is 1.82. The van der Waals surface area contributed by atoms with Gasteiger partial charge in [0.2, 0.25) is 11.8 Å². The van der Waals surface area contributed by atoms with Crippen LogP contribution in [0.2, 0.25) is 0 Å². The smallest absolute Gasteiger partial charge is 0.321 e. The van der Waals surface area contributed by atoms with Crippen LogP contribution in [0.15, 0.2) is 24.3 Å². The maximum absolute atomic E-state index is 11.6. The molecule has 0 aromatic heterocycles. The molecule has 0 saturated heterocycles. The molecule has 0 radical (unpaired) electrons. The van der Waals surface area contributed by atoms with Gasteiger partial charge in [-0.25, -0.2) is 4.79 Å². The minimum Gasteiger partial charge on any atom is -0.376 e. The molecule has 2 rings (SSSR count). The van der Waals surface area contributed by atoms with Gasteiger partial charge in [-0.3, -0.25) is 14.9 Å². The fraction of sp³-hybridized carbons (Fsp3) is 0.400. The van der Waals surface area contributed by atoms with Gasteiger partial charge < -0.3 is 16.0 Å². The highest BCUT2D eigenvalue weighted by Gasteiger charge is 2.29. The quantitative estimate of drug-likeness (QED) is 0.636. The van der Waals surface area contributed by atoms with Gasteiger partial charge in [0.05, 0.1) is 6.54 Å². The van der Waals surface area contributed by atoms with Crippen LogP contribution in [0.4, 0.5) is 16.2 Å². The summed E-state index contributed by atoms with van der Waals surface area (Å²) in [5.74, 6) is -0.199. The van der Waals surface area contributed by atoms with Crippen molar-refractivity contribution >= 4 is 29.2 Å². The molecule has 1 aromatic rings. The van der Waals surface area contributed by atoms with E-state index in [9.17, 15) is 14.4 Å². The van der Waals surface area contributed by atoms with Crippen molar-refractivity contribution in [3.63, 3.8) is 0 Å². The van der Waals surface area contributed by atoms with Gasteiger partial charge >= 0.3 is 6.03 Å². The number of urea groups is 1. The molecule has 0 spiro atoms. The van der Waals surface area contributed by atoms with E-state index in [0.29, 0.717) is 6.54 Å². The summed E-state index contributed by atoms with van der Waals surface area (Å²) in [6, 6.07) is 6.56. The molecule has 0 unspecified atom stereocenters. The van der Waals surface area contributed by atoms with Crippen LogP contribution < -0.4 is 21.3 Å². The van der Waals surface area contributed by atoms with Crippen LogP contribution in [0, 0.1) is 5.92 Å². The summed E-state index contributed by atoms with van der Waals surface area (Å²) in [6.07, 6.45) is 1.93. The molecule has 7 heteroatoms. The van der Waals surface area contributed by atoms with E-state index in [1.807, 2.05) is 0 Å². The van der Waals surface area contributed by atoms with E-state index < -0.39 is 11.9 Å². The Kier molecular flexibility index (Phi) is 5.35. The highest BCUT2D eigenvalue weighted by molar-refractivity contribution is 5.96. The van der Waals surface area contributed by atoms with Crippen molar-refractivity contribution in [1.29, 1.82) is 0 Å². The molecule has 4 N–H and O–H groups in total. The van der Waals surface area contributed by atoms with Gasteiger partial charge in [-0.15, -0.1) is 0 Å². The predicted molar refractivity (Wildman–Crippen MR) is 83.5 cm³/mol. The summed E-state index contributed by atoms with van der Waals surface area (Å²) in [5.41, 5.74) is 1.46. The van der Waals surface area contributed by atoms with Crippen LogP contribution in [0.1, 0.15) is 19.8 Å². The maximum atomic E-state index is 11.6. The highest BCUT2D eigenvalue weighted by atomic mass is 16.2. The first kappa shape index (κ1) is 15.8. The lowest BCUT2D eigenvalue weighted by atomic mass is 10.2. The molecule has 1 aliphatic carbocycles. The number of hydrogen-bond donors (Lipinski definition) is 4. The van der Waals surface area contributed by atoms with Crippen molar-refractivity contribution in [3.05, 3.63) is 24.3 Å². The van der Waals surface area contributed by atoms with E-state index in [0.717, 1.165) is 24.2 Å². The number of carbonyl (C=O) groups is 3. The number of nitrogens with one attached hydrogen (secondary N) is 4. The summed E-state index contributed by atoms with van der Waals surface area (Å²) in [4.78, 5) is 34.3. The second-order valence-corrected chi connectivity index (χ2v) is 5.10. The SMILES string of the molecule is CCNC(=O)NC(=O)CNc1ccc(NC(=O)C2CC2)cc1. The summed E-state index contributed by atoms with van der Waals surface area (Å²) < 4.78 is 0. The van der Waals surface area contributed by atoms with Crippen LogP contribution in [-0.2, 0) is 9.59 Å². The zero-order valence-corrected chi connectivity index (χ0v) is 12.4. The second-order valence-electron chi connectivity index (χ2n) is 5.10. The molecule has 4 amide bonds. The lowest BCUT2D eigenvalue weighted by Gasteiger charge is -2.09. The highest BCUT2D eigenvalue weighted by Crippen LogP contribution is 2.30. The average molecular weight is 304 g/mol. The van der Waals surface area contributed by atoms with Crippen molar-refractivity contribution in [2.24, 2.45) is 5.92 Å². The summed E-state index contributed by atoms with van der Waals surface area (Å²) in [5, 5.41) is 10.4. The number of imide groups is 1. The molecular weight excluding hydrogens is 284 g/mol. The van der Waals surface area contributed by atoms with Crippen LogP contribution in [0.25, 0.3) is 0 Å². The molecule has 0 heterocycles. The summed E-state index contributed by atoms with van der Waals surface area (Å²) in [6.45, 7) is 2.22. The molecule has 1 aromatic carbocycles. The van der Waals surface area contributed by atoms with Crippen LogP contribution in [0.3, 0.4) is 0 Å². The first-order valence-corrected chi connectivity index (χ1v) is 7.31. The van der Waals surface area contributed by atoms with Crippen LogP contribution in [0.5, 0.6) is 0 Å². The fourth-order valence-electron chi connectivity index (χ4n) is 1.82. The van der Waals surface area contributed by atoms with E-state index in [4.69, 9.17) is 0 Å². The molecule has 0 bridgehead atoms. The lowest BCUT2D eigenvalue weighted by Crippen LogP contribution is -2.41. The largest absolute Gasteiger partial charge is 0.376 e. The molecule has 1 saturated carbocycles. The van der Waals surface area contributed by atoms with Gasteiger partial charge in [-0.05, 0) is 44.0 Å². The van der Waals surface area contributed by atoms with Gasteiger partial charge in [0.15, 0.2) is 0 Å². The van der Waals surface area contributed by atoms with Crippen molar-refractivity contribution in [2.75, 3.05) is 23.7 Å².